The van der Waals surface area contributed by atoms with E-state index in [0.717, 1.165) is 31.2 Å². The van der Waals surface area contributed by atoms with E-state index in [2.05, 4.69) is 30.9 Å². The number of benzene rings is 1. The summed E-state index contributed by atoms with van der Waals surface area (Å²) in [6.45, 7) is 5.13. The highest BCUT2D eigenvalue weighted by Gasteiger charge is 2.41. The molecule has 7 heteroatoms. The summed E-state index contributed by atoms with van der Waals surface area (Å²) in [6.07, 6.45) is 4.72. The van der Waals surface area contributed by atoms with Crippen LogP contribution in [-0.4, -0.2) is 72.9 Å². The number of morpholine rings is 1. The maximum absolute atomic E-state index is 13.6. The fraction of sp³-hybridized carbons (Fsp3) is 0.696. The molecule has 0 bridgehead atoms. The molecule has 3 fully saturated rings. The molecule has 2 saturated heterocycles. The number of amides is 1. The maximum Gasteiger partial charge on any atom is 0.237 e. The molecule has 0 N–H and O–H groups in total. The standard InChI is InChI=1S/C23H34N2O4S/c1-17-15-29-23(19-8-4-3-5-9-19)18(2)24(17)14-22(26)25(20-10-6-7-11-20)21-12-13-30(27,28)16-21/h3-5,8-9,17-18,20-21,23H,6-7,10-16H2,1-2H3. The second kappa shape index (κ2) is 8.97. The van der Waals surface area contributed by atoms with Crippen LogP contribution >= 0.6 is 0 Å². The first kappa shape index (κ1) is 21.8. The van der Waals surface area contributed by atoms with Crippen molar-refractivity contribution in [2.24, 2.45) is 0 Å². The van der Waals surface area contributed by atoms with E-state index >= 15 is 0 Å². The molecule has 2 heterocycles. The highest BCUT2D eigenvalue weighted by molar-refractivity contribution is 7.91. The average molecular weight is 435 g/mol. The molecule has 3 aliphatic rings. The van der Waals surface area contributed by atoms with Crippen molar-refractivity contribution >= 4 is 15.7 Å². The van der Waals surface area contributed by atoms with E-state index in [9.17, 15) is 13.2 Å². The molecule has 4 unspecified atom stereocenters. The quantitative estimate of drug-likeness (QED) is 0.713. The van der Waals surface area contributed by atoms with E-state index in [-0.39, 0.29) is 47.7 Å². The lowest BCUT2D eigenvalue weighted by Gasteiger charge is -2.45. The Balaban J connectivity index is 1.51. The molecule has 2 aliphatic heterocycles. The van der Waals surface area contributed by atoms with E-state index in [1.165, 1.54) is 0 Å². The van der Waals surface area contributed by atoms with Crippen LogP contribution < -0.4 is 0 Å². The van der Waals surface area contributed by atoms with Crippen LogP contribution in [0.2, 0.25) is 0 Å². The van der Waals surface area contributed by atoms with Crippen molar-refractivity contribution in [3.8, 4) is 0 Å². The molecule has 1 amide bonds. The third-order valence-electron chi connectivity index (χ3n) is 7.10. The van der Waals surface area contributed by atoms with Gasteiger partial charge in [-0.3, -0.25) is 9.69 Å². The molecule has 4 rings (SSSR count). The van der Waals surface area contributed by atoms with Crippen LogP contribution in [0.25, 0.3) is 0 Å². The van der Waals surface area contributed by atoms with Gasteiger partial charge in [0.05, 0.1) is 30.8 Å². The summed E-state index contributed by atoms with van der Waals surface area (Å²) in [5.74, 6) is 0.404. The van der Waals surface area contributed by atoms with Gasteiger partial charge in [0.25, 0.3) is 0 Å². The molecule has 166 valence electrons. The molecule has 30 heavy (non-hydrogen) atoms. The number of ether oxygens (including phenoxy) is 1. The van der Waals surface area contributed by atoms with Gasteiger partial charge in [0.1, 0.15) is 0 Å². The number of rotatable bonds is 5. The largest absolute Gasteiger partial charge is 0.370 e. The Bertz CT molecular complexity index is 838. The number of hydrogen-bond acceptors (Lipinski definition) is 5. The third kappa shape index (κ3) is 4.58. The van der Waals surface area contributed by atoms with Crippen LogP contribution in [0.4, 0.5) is 0 Å². The van der Waals surface area contributed by atoms with Crippen molar-refractivity contribution in [3.63, 3.8) is 0 Å². The SMILES string of the molecule is CC1COC(c2ccccc2)C(C)N1CC(=O)N(C1CCCC1)C1CCS(=O)(=O)C1. The van der Waals surface area contributed by atoms with Gasteiger partial charge in [0.2, 0.25) is 5.91 Å². The van der Waals surface area contributed by atoms with E-state index in [1.54, 1.807) is 0 Å². The smallest absolute Gasteiger partial charge is 0.237 e. The van der Waals surface area contributed by atoms with Crippen molar-refractivity contribution < 1.29 is 17.9 Å². The molecule has 1 aliphatic carbocycles. The predicted octanol–water partition coefficient (Wildman–Crippen LogP) is 2.80. The monoisotopic (exact) mass is 434 g/mol. The third-order valence-corrected chi connectivity index (χ3v) is 8.85. The minimum absolute atomic E-state index is 0.0674. The Hall–Kier alpha value is -1.44. The minimum atomic E-state index is -3.03. The van der Waals surface area contributed by atoms with Crippen LogP contribution in [0.3, 0.4) is 0 Å². The summed E-state index contributed by atoms with van der Waals surface area (Å²) in [4.78, 5) is 17.8. The summed E-state index contributed by atoms with van der Waals surface area (Å²) >= 11 is 0. The van der Waals surface area contributed by atoms with Gasteiger partial charge >= 0.3 is 0 Å². The summed E-state index contributed by atoms with van der Waals surface area (Å²) in [7, 11) is -3.03. The summed E-state index contributed by atoms with van der Waals surface area (Å²) in [5.41, 5.74) is 1.13. The number of sulfone groups is 1. The topological polar surface area (TPSA) is 66.9 Å². The first-order valence-electron chi connectivity index (χ1n) is 11.3. The van der Waals surface area contributed by atoms with E-state index in [1.807, 2.05) is 23.1 Å². The Labute approximate surface area is 180 Å². The Kier molecular flexibility index (Phi) is 6.51. The zero-order chi connectivity index (χ0) is 21.3. The van der Waals surface area contributed by atoms with Crippen LogP contribution in [0, 0.1) is 0 Å². The number of nitrogens with zero attached hydrogens (tertiary/aromatic N) is 2. The predicted molar refractivity (Wildman–Crippen MR) is 117 cm³/mol. The van der Waals surface area contributed by atoms with Gasteiger partial charge in [-0.05, 0) is 38.7 Å². The normalized spacial score (nSPS) is 32.3. The van der Waals surface area contributed by atoms with Gasteiger partial charge < -0.3 is 9.64 Å². The molecule has 4 atom stereocenters. The minimum Gasteiger partial charge on any atom is -0.370 e. The van der Waals surface area contributed by atoms with E-state index in [0.29, 0.717) is 19.6 Å². The van der Waals surface area contributed by atoms with E-state index in [4.69, 9.17) is 4.74 Å². The van der Waals surface area contributed by atoms with Crippen molar-refractivity contribution in [2.45, 2.75) is 76.2 Å². The Morgan fingerprint density at radius 2 is 1.80 bits per heavy atom. The van der Waals surface area contributed by atoms with Crippen molar-refractivity contribution in [2.75, 3.05) is 24.7 Å². The first-order valence-corrected chi connectivity index (χ1v) is 13.1. The molecule has 1 aromatic carbocycles. The molecule has 6 nitrogen and oxygen atoms in total. The summed E-state index contributed by atoms with van der Waals surface area (Å²) in [6, 6.07) is 10.4. The first-order chi connectivity index (χ1) is 14.4. The Morgan fingerprint density at radius 1 is 1.10 bits per heavy atom. The number of hydrogen-bond donors (Lipinski definition) is 0. The van der Waals surface area contributed by atoms with Gasteiger partial charge in [-0.1, -0.05) is 43.2 Å². The van der Waals surface area contributed by atoms with Crippen molar-refractivity contribution in [1.29, 1.82) is 0 Å². The zero-order valence-electron chi connectivity index (χ0n) is 18.1. The summed E-state index contributed by atoms with van der Waals surface area (Å²) < 4.78 is 30.4. The van der Waals surface area contributed by atoms with Crippen LogP contribution in [-0.2, 0) is 19.4 Å². The fourth-order valence-corrected chi connectivity index (χ4v) is 7.20. The highest BCUT2D eigenvalue weighted by Crippen LogP contribution is 2.33. The van der Waals surface area contributed by atoms with Crippen molar-refractivity contribution in [3.05, 3.63) is 35.9 Å². The number of carbonyl (C=O) groups excluding carboxylic acids is 1. The zero-order valence-corrected chi connectivity index (χ0v) is 18.9. The molecule has 1 aromatic rings. The van der Waals surface area contributed by atoms with Crippen LogP contribution in [0.5, 0.6) is 0 Å². The van der Waals surface area contributed by atoms with E-state index < -0.39 is 9.84 Å². The van der Waals surface area contributed by atoms with Gasteiger partial charge in [0, 0.05) is 24.2 Å². The lowest BCUT2D eigenvalue weighted by molar-refractivity contribution is -0.145. The molecule has 0 radical (unpaired) electrons. The van der Waals surface area contributed by atoms with Crippen LogP contribution in [0.1, 0.15) is 57.6 Å². The molecule has 0 aromatic heterocycles. The fourth-order valence-electron chi connectivity index (χ4n) is 5.49. The Morgan fingerprint density at radius 3 is 2.43 bits per heavy atom. The maximum atomic E-state index is 13.6. The molecule has 0 spiro atoms. The number of carbonyl (C=O) groups is 1. The summed E-state index contributed by atoms with van der Waals surface area (Å²) in [5, 5.41) is 0. The molecule has 1 saturated carbocycles. The second-order valence-electron chi connectivity index (χ2n) is 9.22. The van der Waals surface area contributed by atoms with Gasteiger partial charge in [0.15, 0.2) is 9.84 Å². The van der Waals surface area contributed by atoms with Crippen LogP contribution in [0.15, 0.2) is 30.3 Å². The molecular formula is C23H34N2O4S. The highest BCUT2D eigenvalue weighted by atomic mass is 32.2. The molecular weight excluding hydrogens is 400 g/mol. The lowest BCUT2D eigenvalue weighted by Crippen LogP contribution is -2.57. The van der Waals surface area contributed by atoms with Gasteiger partial charge in [-0.15, -0.1) is 0 Å². The van der Waals surface area contributed by atoms with Gasteiger partial charge in [-0.2, -0.15) is 0 Å². The van der Waals surface area contributed by atoms with Crippen molar-refractivity contribution in [1.82, 2.24) is 9.80 Å². The second-order valence-corrected chi connectivity index (χ2v) is 11.5. The average Bonchev–Trinajstić information content (AvgIpc) is 3.36. The van der Waals surface area contributed by atoms with Gasteiger partial charge in [-0.25, -0.2) is 8.42 Å². The lowest BCUT2D eigenvalue weighted by atomic mass is 9.98.